The summed E-state index contributed by atoms with van der Waals surface area (Å²) in [6, 6.07) is 14.0. The molecular formula is C21H25N3O4S. The number of piperidine rings is 1. The van der Waals surface area contributed by atoms with Crippen molar-refractivity contribution >= 4 is 22.1 Å². The van der Waals surface area contributed by atoms with Gasteiger partial charge in [0.1, 0.15) is 5.75 Å². The topological polar surface area (TPSA) is 88.1 Å². The zero-order chi connectivity index (χ0) is 20.9. The standard InChI is InChI=1S/C21H25N3O4S/c1-16-5-11-20(12-6-16)29(26,27)24-13-3-4-18(15-24)21(25)23-22-14-17-7-9-19(28-2)10-8-17/h5-12,14,18H,3-4,13,15H2,1-2H3,(H,23,25)/b22-14-/t18-/m0/s1. The number of hydrogen-bond donors (Lipinski definition) is 1. The van der Waals surface area contributed by atoms with Gasteiger partial charge in [0, 0.05) is 13.1 Å². The minimum Gasteiger partial charge on any atom is -0.497 e. The molecule has 0 aliphatic carbocycles. The third kappa shape index (κ3) is 5.21. The van der Waals surface area contributed by atoms with Crippen molar-refractivity contribution in [1.82, 2.24) is 9.73 Å². The van der Waals surface area contributed by atoms with E-state index in [4.69, 9.17) is 4.74 Å². The van der Waals surface area contributed by atoms with Crippen LogP contribution in [0.3, 0.4) is 0 Å². The summed E-state index contributed by atoms with van der Waals surface area (Å²) in [5, 5.41) is 3.99. The van der Waals surface area contributed by atoms with Gasteiger partial charge in [-0.3, -0.25) is 4.79 Å². The summed E-state index contributed by atoms with van der Waals surface area (Å²) in [5.74, 6) is 0.0267. The van der Waals surface area contributed by atoms with Crippen molar-refractivity contribution < 1.29 is 17.9 Å². The minimum absolute atomic E-state index is 0.153. The van der Waals surface area contributed by atoms with Crippen LogP contribution >= 0.6 is 0 Å². The largest absolute Gasteiger partial charge is 0.497 e. The maximum Gasteiger partial charge on any atom is 0.244 e. The van der Waals surface area contributed by atoms with Gasteiger partial charge in [-0.2, -0.15) is 9.41 Å². The maximum atomic E-state index is 12.9. The number of rotatable bonds is 6. The number of benzene rings is 2. The molecule has 8 heteroatoms. The van der Waals surface area contributed by atoms with Crippen LogP contribution in [0.4, 0.5) is 0 Å². The van der Waals surface area contributed by atoms with Crippen molar-refractivity contribution in [3.05, 3.63) is 59.7 Å². The summed E-state index contributed by atoms with van der Waals surface area (Å²) in [6.45, 7) is 2.47. The number of sulfonamides is 1. The second-order valence-electron chi connectivity index (χ2n) is 7.02. The van der Waals surface area contributed by atoms with Crippen LogP contribution in [0.1, 0.15) is 24.0 Å². The molecule has 2 aromatic carbocycles. The highest BCUT2D eigenvalue weighted by atomic mass is 32.2. The summed E-state index contributed by atoms with van der Waals surface area (Å²) in [7, 11) is -2.02. The highest BCUT2D eigenvalue weighted by molar-refractivity contribution is 7.89. The number of nitrogens with one attached hydrogen (secondary N) is 1. The average molecular weight is 416 g/mol. The molecule has 2 aromatic rings. The van der Waals surface area contributed by atoms with Crippen LogP contribution in [0.15, 0.2) is 58.5 Å². The lowest BCUT2D eigenvalue weighted by Crippen LogP contribution is -2.44. The van der Waals surface area contributed by atoms with E-state index in [1.807, 2.05) is 19.1 Å². The minimum atomic E-state index is -3.61. The van der Waals surface area contributed by atoms with Crippen LogP contribution in [0, 0.1) is 12.8 Å². The van der Waals surface area contributed by atoms with Gasteiger partial charge < -0.3 is 4.74 Å². The predicted octanol–water partition coefficient (Wildman–Crippen LogP) is 2.55. The Morgan fingerprint density at radius 3 is 2.52 bits per heavy atom. The Balaban J connectivity index is 1.61. The van der Waals surface area contributed by atoms with Gasteiger partial charge in [-0.1, -0.05) is 17.7 Å². The molecule has 7 nitrogen and oxygen atoms in total. The second-order valence-corrected chi connectivity index (χ2v) is 8.96. The van der Waals surface area contributed by atoms with Crippen molar-refractivity contribution in [2.75, 3.05) is 20.2 Å². The van der Waals surface area contributed by atoms with E-state index in [1.54, 1.807) is 49.7 Å². The van der Waals surface area contributed by atoms with Gasteiger partial charge in [0.05, 0.1) is 24.1 Å². The van der Waals surface area contributed by atoms with E-state index in [0.29, 0.717) is 19.4 Å². The zero-order valence-electron chi connectivity index (χ0n) is 16.5. The van der Waals surface area contributed by atoms with E-state index in [0.717, 1.165) is 16.9 Å². The molecule has 0 spiro atoms. The molecule has 1 aliphatic rings. The van der Waals surface area contributed by atoms with Crippen LogP contribution in [-0.4, -0.2) is 45.0 Å². The fourth-order valence-electron chi connectivity index (χ4n) is 3.19. The maximum absolute atomic E-state index is 12.9. The average Bonchev–Trinajstić information content (AvgIpc) is 2.74. The van der Waals surface area contributed by atoms with Crippen molar-refractivity contribution in [1.29, 1.82) is 0 Å². The number of carbonyl (C=O) groups is 1. The van der Waals surface area contributed by atoms with Crippen molar-refractivity contribution in [3.63, 3.8) is 0 Å². The normalized spacial score (nSPS) is 17.9. The molecule has 0 radical (unpaired) electrons. The predicted molar refractivity (Wildman–Crippen MR) is 111 cm³/mol. The van der Waals surface area contributed by atoms with Gasteiger partial charge in [-0.25, -0.2) is 13.8 Å². The highest BCUT2D eigenvalue weighted by Crippen LogP contribution is 2.24. The molecule has 1 amide bonds. The Morgan fingerprint density at radius 1 is 1.17 bits per heavy atom. The van der Waals surface area contributed by atoms with Crippen LogP contribution in [0.5, 0.6) is 5.75 Å². The lowest BCUT2D eigenvalue weighted by atomic mass is 9.99. The van der Waals surface area contributed by atoms with Crippen LogP contribution in [0.2, 0.25) is 0 Å². The fraction of sp³-hybridized carbons (Fsp3) is 0.333. The molecule has 0 unspecified atom stereocenters. The Labute approximate surface area is 171 Å². The van der Waals surface area contributed by atoms with Gasteiger partial charge in [0.15, 0.2) is 0 Å². The Hall–Kier alpha value is -2.71. The van der Waals surface area contributed by atoms with Crippen molar-refractivity contribution in [2.24, 2.45) is 11.0 Å². The lowest BCUT2D eigenvalue weighted by molar-refractivity contribution is -0.126. The summed E-state index contributed by atoms with van der Waals surface area (Å²) < 4.78 is 32.2. The third-order valence-corrected chi connectivity index (χ3v) is 6.80. The molecule has 1 heterocycles. The molecule has 0 saturated carbocycles. The number of ether oxygens (including phenoxy) is 1. The van der Waals surface area contributed by atoms with E-state index >= 15 is 0 Å². The first-order chi connectivity index (χ1) is 13.9. The van der Waals surface area contributed by atoms with Crippen LogP contribution in [-0.2, 0) is 14.8 Å². The third-order valence-electron chi connectivity index (χ3n) is 4.92. The summed E-state index contributed by atoms with van der Waals surface area (Å²) in [4.78, 5) is 12.7. The SMILES string of the molecule is COc1ccc(/C=N\NC(=O)[C@H]2CCCN(S(=O)(=O)c3ccc(C)cc3)C2)cc1. The molecule has 1 fully saturated rings. The second kappa shape index (κ2) is 9.19. The van der Waals surface area contributed by atoms with E-state index in [-0.39, 0.29) is 17.3 Å². The number of amides is 1. The summed E-state index contributed by atoms with van der Waals surface area (Å²) >= 11 is 0. The Kier molecular flexibility index (Phi) is 6.66. The number of methoxy groups -OCH3 is 1. The molecule has 1 aliphatic heterocycles. The molecule has 1 saturated heterocycles. The van der Waals surface area contributed by atoms with Gasteiger partial charge in [0.2, 0.25) is 15.9 Å². The van der Waals surface area contributed by atoms with Gasteiger partial charge in [-0.15, -0.1) is 0 Å². The van der Waals surface area contributed by atoms with E-state index in [9.17, 15) is 13.2 Å². The lowest BCUT2D eigenvalue weighted by Gasteiger charge is -2.30. The quantitative estimate of drug-likeness (QED) is 0.580. The zero-order valence-corrected chi connectivity index (χ0v) is 17.4. The first-order valence-corrected chi connectivity index (χ1v) is 10.9. The van der Waals surface area contributed by atoms with E-state index in [1.165, 1.54) is 4.31 Å². The first-order valence-electron chi connectivity index (χ1n) is 9.44. The number of aryl methyl sites for hydroxylation is 1. The number of carbonyl (C=O) groups excluding carboxylic acids is 1. The molecule has 0 bridgehead atoms. The number of hydrogen-bond acceptors (Lipinski definition) is 5. The van der Waals surface area contributed by atoms with E-state index in [2.05, 4.69) is 10.5 Å². The van der Waals surface area contributed by atoms with Crippen molar-refractivity contribution in [2.45, 2.75) is 24.7 Å². The molecule has 3 rings (SSSR count). The van der Waals surface area contributed by atoms with Gasteiger partial charge in [0.25, 0.3) is 0 Å². The Bertz CT molecular complexity index is 970. The van der Waals surface area contributed by atoms with Crippen LogP contribution < -0.4 is 10.2 Å². The fourth-order valence-corrected chi connectivity index (χ4v) is 4.71. The summed E-state index contributed by atoms with van der Waals surface area (Å²) in [6.07, 6.45) is 2.80. The van der Waals surface area contributed by atoms with Gasteiger partial charge >= 0.3 is 0 Å². The van der Waals surface area contributed by atoms with Crippen molar-refractivity contribution in [3.8, 4) is 5.75 Å². The highest BCUT2D eigenvalue weighted by Gasteiger charge is 2.33. The molecule has 1 atom stereocenters. The van der Waals surface area contributed by atoms with Crippen LogP contribution in [0.25, 0.3) is 0 Å². The monoisotopic (exact) mass is 415 g/mol. The Morgan fingerprint density at radius 2 is 1.86 bits per heavy atom. The number of hydrazone groups is 1. The molecule has 0 aromatic heterocycles. The smallest absolute Gasteiger partial charge is 0.244 e. The van der Waals surface area contributed by atoms with E-state index < -0.39 is 15.9 Å². The summed E-state index contributed by atoms with van der Waals surface area (Å²) in [5.41, 5.74) is 4.34. The first kappa shape index (κ1) is 21.0. The number of nitrogens with zero attached hydrogens (tertiary/aromatic N) is 2. The van der Waals surface area contributed by atoms with Gasteiger partial charge in [-0.05, 0) is 61.7 Å². The molecule has 1 N–H and O–H groups in total. The molecule has 29 heavy (non-hydrogen) atoms. The molecular weight excluding hydrogens is 390 g/mol. The molecule has 154 valence electrons.